The Morgan fingerprint density at radius 3 is 2.55 bits per heavy atom. The summed E-state index contributed by atoms with van der Waals surface area (Å²) < 4.78 is 37.7. The van der Waals surface area contributed by atoms with Crippen LogP contribution in [0.15, 0.2) is 24.4 Å². The number of alkyl halides is 3. The van der Waals surface area contributed by atoms with Crippen molar-refractivity contribution in [3.05, 3.63) is 44.9 Å². The first-order valence-electron chi connectivity index (χ1n) is 5.37. The highest BCUT2D eigenvalue weighted by Gasteiger charge is 2.35. The molecule has 0 aliphatic heterocycles. The molecule has 0 radical (unpaired) electrons. The number of nitrogens with zero attached hydrogens (tertiary/aromatic N) is 1. The smallest absolute Gasteiger partial charge is 0.398 e. The van der Waals surface area contributed by atoms with E-state index in [1.54, 1.807) is 12.1 Å². The summed E-state index contributed by atoms with van der Waals surface area (Å²) in [6, 6.07) is 4.02. The van der Waals surface area contributed by atoms with Gasteiger partial charge >= 0.3 is 6.18 Å². The Bertz CT molecular complexity index is 614. The number of halogens is 4. The predicted molar refractivity (Wildman–Crippen MR) is 72.1 cm³/mol. The van der Waals surface area contributed by atoms with E-state index in [0.29, 0.717) is 32.5 Å². The van der Waals surface area contributed by atoms with Crippen molar-refractivity contribution in [1.82, 2.24) is 10.4 Å². The van der Waals surface area contributed by atoms with Gasteiger partial charge in [0, 0.05) is 21.8 Å². The van der Waals surface area contributed by atoms with Crippen LogP contribution in [0.4, 0.5) is 18.9 Å². The van der Waals surface area contributed by atoms with Gasteiger partial charge in [-0.2, -0.15) is 13.2 Å². The third kappa shape index (κ3) is 3.04. The Kier molecular flexibility index (Phi) is 4.19. The first kappa shape index (κ1) is 15.0. The zero-order valence-electron chi connectivity index (χ0n) is 9.91. The maximum Gasteiger partial charge on any atom is 0.443 e. The van der Waals surface area contributed by atoms with Crippen LogP contribution in [0.3, 0.4) is 0 Å². The highest BCUT2D eigenvalue weighted by Crippen LogP contribution is 2.37. The quantitative estimate of drug-likeness (QED) is 0.461. The van der Waals surface area contributed by atoms with E-state index in [1.807, 2.05) is 0 Å². The lowest BCUT2D eigenvalue weighted by Gasteiger charge is -2.16. The molecule has 0 fully saturated rings. The van der Waals surface area contributed by atoms with Crippen molar-refractivity contribution in [1.29, 1.82) is 0 Å². The lowest BCUT2D eigenvalue weighted by atomic mass is 10.0. The maximum atomic E-state index is 12.6. The first-order chi connectivity index (χ1) is 9.32. The highest BCUT2D eigenvalue weighted by molar-refractivity contribution is 7.11. The van der Waals surface area contributed by atoms with Crippen LogP contribution in [0, 0.1) is 0 Å². The van der Waals surface area contributed by atoms with Gasteiger partial charge in [0.1, 0.15) is 0 Å². The van der Waals surface area contributed by atoms with E-state index in [9.17, 15) is 13.2 Å². The number of nitrogens with one attached hydrogen (secondary N) is 1. The fraction of sp³-hybridized carbons (Fsp3) is 0.182. The molecule has 2 rings (SSSR count). The van der Waals surface area contributed by atoms with Crippen LogP contribution in [0.2, 0.25) is 5.02 Å². The van der Waals surface area contributed by atoms with Crippen molar-refractivity contribution in [2.24, 2.45) is 5.84 Å². The van der Waals surface area contributed by atoms with Crippen LogP contribution in [-0.4, -0.2) is 4.98 Å². The van der Waals surface area contributed by atoms with Crippen LogP contribution in [-0.2, 0) is 6.18 Å². The van der Waals surface area contributed by atoms with Crippen molar-refractivity contribution in [3.63, 3.8) is 0 Å². The van der Waals surface area contributed by atoms with Gasteiger partial charge in [-0.15, -0.1) is 11.3 Å². The van der Waals surface area contributed by atoms with Gasteiger partial charge in [-0.1, -0.05) is 17.7 Å². The molecule has 1 aromatic heterocycles. The third-order valence-electron chi connectivity index (χ3n) is 2.58. The molecule has 5 N–H and O–H groups in total. The molecular weight excluding hydrogens is 313 g/mol. The summed E-state index contributed by atoms with van der Waals surface area (Å²) in [5.41, 5.74) is 9.12. The molecule has 1 atom stereocenters. The topological polar surface area (TPSA) is 77.0 Å². The van der Waals surface area contributed by atoms with Gasteiger partial charge in [0.05, 0.1) is 6.04 Å². The van der Waals surface area contributed by atoms with E-state index < -0.39 is 17.2 Å². The number of hydrazine groups is 1. The monoisotopic (exact) mass is 322 g/mol. The fourth-order valence-electron chi connectivity index (χ4n) is 1.68. The lowest BCUT2D eigenvalue weighted by Crippen LogP contribution is -2.28. The Morgan fingerprint density at radius 2 is 2.05 bits per heavy atom. The normalized spacial score (nSPS) is 13.4. The number of nitrogens with two attached hydrogens (primary N) is 2. The van der Waals surface area contributed by atoms with E-state index in [0.717, 1.165) is 6.20 Å². The molecule has 108 valence electrons. The number of thiazole rings is 1. The van der Waals surface area contributed by atoms with E-state index in [-0.39, 0.29) is 0 Å². The molecular formula is C11H10ClF3N4S. The molecule has 0 bridgehead atoms. The summed E-state index contributed by atoms with van der Waals surface area (Å²) in [6.45, 7) is 0. The van der Waals surface area contributed by atoms with Crippen molar-refractivity contribution >= 4 is 28.6 Å². The maximum absolute atomic E-state index is 12.6. The number of anilines is 1. The van der Waals surface area contributed by atoms with Crippen molar-refractivity contribution in [3.8, 4) is 0 Å². The van der Waals surface area contributed by atoms with Crippen molar-refractivity contribution in [2.45, 2.75) is 12.2 Å². The number of hydrogen-bond donors (Lipinski definition) is 3. The molecule has 2 aromatic rings. The fourth-order valence-corrected chi connectivity index (χ4v) is 2.73. The molecule has 20 heavy (non-hydrogen) atoms. The SMILES string of the molecule is NNC(c1cnc(C(F)(F)F)s1)c1ccc(Cl)cc1N. The summed E-state index contributed by atoms with van der Waals surface area (Å²) in [6.07, 6.45) is -3.35. The minimum absolute atomic E-state index is 0.314. The van der Waals surface area contributed by atoms with Crippen LogP contribution < -0.4 is 17.0 Å². The van der Waals surface area contributed by atoms with E-state index in [1.165, 1.54) is 6.07 Å². The predicted octanol–water partition coefficient (Wildman–Crippen LogP) is 2.95. The molecule has 4 nitrogen and oxygen atoms in total. The minimum atomic E-state index is -4.48. The van der Waals surface area contributed by atoms with Crippen molar-refractivity contribution < 1.29 is 13.2 Å². The number of rotatable bonds is 3. The molecule has 0 spiro atoms. The standard InChI is InChI=1S/C11H10ClF3N4S/c12-5-1-2-6(7(16)3-5)9(19-17)8-4-18-10(20-8)11(13,14)15/h1-4,9,19H,16-17H2. The summed E-state index contributed by atoms with van der Waals surface area (Å²) in [5.74, 6) is 5.42. The second-order valence-electron chi connectivity index (χ2n) is 3.94. The summed E-state index contributed by atoms with van der Waals surface area (Å²) >= 11 is 6.30. The number of benzene rings is 1. The average Bonchev–Trinajstić information content (AvgIpc) is 2.82. The molecule has 0 aliphatic rings. The van der Waals surface area contributed by atoms with Gasteiger partial charge in [-0.3, -0.25) is 5.84 Å². The Labute approximate surface area is 121 Å². The Balaban J connectivity index is 2.40. The molecule has 0 aliphatic carbocycles. The molecule has 0 amide bonds. The van der Waals surface area contributed by atoms with Gasteiger partial charge < -0.3 is 5.73 Å². The molecule has 0 saturated heterocycles. The average molecular weight is 323 g/mol. The van der Waals surface area contributed by atoms with Gasteiger partial charge in [-0.25, -0.2) is 10.4 Å². The number of aromatic nitrogens is 1. The molecule has 0 saturated carbocycles. The zero-order valence-corrected chi connectivity index (χ0v) is 11.5. The number of nitrogen functional groups attached to an aromatic ring is 1. The zero-order chi connectivity index (χ0) is 14.9. The number of hydrogen-bond acceptors (Lipinski definition) is 5. The van der Waals surface area contributed by atoms with Gasteiger partial charge in [-0.05, 0) is 17.7 Å². The van der Waals surface area contributed by atoms with Crippen LogP contribution in [0.25, 0.3) is 0 Å². The van der Waals surface area contributed by atoms with E-state index in [4.69, 9.17) is 23.2 Å². The summed E-state index contributed by atoms with van der Waals surface area (Å²) in [7, 11) is 0. The highest BCUT2D eigenvalue weighted by atomic mass is 35.5. The molecule has 1 aromatic carbocycles. The second-order valence-corrected chi connectivity index (χ2v) is 5.44. The third-order valence-corrected chi connectivity index (χ3v) is 3.92. The Hall–Kier alpha value is -1.35. The summed E-state index contributed by atoms with van der Waals surface area (Å²) in [5, 5.41) is -0.498. The minimum Gasteiger partial charge on any atom is -0.398 e. The van der Waals surface area contributed by atoms with Crippen LogP contribution in [0.5, 0.6) is 0 Å². The van der Waals surface area contributed by atoms with E-state index >= 15 is 0 Å². The van der Waals surface area contributed by atoms with E-state index in [2.05, 4.69) is 10.4 Å². The van der Waals surface area contributed by atoms with Crippen molar-refractivity contribution in [2.75, 3.05) is 5.73 Å². The van der Waals surface area contributed by atoms with Crippen LogP contribution >= 0.6 is 22.9 Å². The molecule has 1 unspecified atom stereocenters. The second kappa shape index (κ2) is 5.57. The van der Waals surface area contributed by atoms with Gasteiger partial charge in [0.15, 0.2) is 5.01 Å². The molecule has 1 heterocycles. The lowest BCUT2D eigenvalue weighted by molar-refractivity contribution is -0.137. The van der Waals surface area contributed by atoms with Crippen LogP contribution in [0.1, 0.15) is 21.5 Å². The largest absolute Gasteiger partial charge is 0.443 e. The summed E-state index contributed by atoms with van der Waals surface area (Å²) in [4.78, 5) is 3.67. The van der Waals surface area contributed by atoms with Gasteiger partial charge in [0.2, 0.25) is 0 Å². The molecule has 9 heteroatoms. The first-order valence-corrected chi connectivity index (χ1v) is 6.56. The van der Waals surface area contributed by atoms with Gasteiger partial charge in [0.25, 0.3) is 0 Å². The Morgan fingerprint density at radius 1 is 1.35 bits per heavy atom.